The lowest BCUT2D eigenvalue weighted by atomic mass is 10.1. The average molecular weight is 259 g/mol. The number of aryl methyl sites for hydroxylation is 3. The van der Waals surface area contributed by atoms with Crippen LogP contribution in [0.2, 0.25) is 0 Å². The zero-order valence-electron chi connectivity index (χ0n) is 12.2. The van der Waals surface area contributed by atoms with Crippen LogP contribution in [0.5, 0.6) is 5.75 Å². The molecule has 1 N–H and O–H groups in total. The van der Waals surface area contributed by atoms with E-state index in [9.17, 15) is 0 Å². The number of hydrogen-bond acceptors (Lipinski definition) is 3. The molecule has 0 saturated heterocycles. The first-order valence-corrected chi connectivity index (χ1v) is 6.49. The van der Waals surface area contributed by atoms with Crippen LogP contribution < -0.4 is 10.1 Å². The lowest BCUT2D eigenvalue weighted by molar-refractivity contribution is 0.416. The van der Waals surface area contributed by atoms with E-state index in [0.29, 0.717) is 0 Å². The van der Waals surface area contributed by atoms with E-state index in [4.69, 9.17) is 9.15 Å². The van der Waals surface area contributed by atoms with E-state index < -0.39 is 0 Å². The zero-order chi connectivity index (χ0) is 14.0. The third kappa shape index (κ3) is 2.92. The summed E-state index contributed by atoms with van der Waals surface area (Å²) in [5.41, 5.74) is 3.39. The minimum absolute atomic E-state index is 0.174. The maximum atomic E-state index is 5.58. The molecule has 1 heterocycles. The van der Waals surface area contributed by atoms with Crippen molar-refractivity contribution in [2.45, 2.75) is 33.7 Å². The minimum atomic E-state index is 0.174. The number of anilines is 1. The summed E-state index contributed by atoms with van der Waals surface area (Å²) in [6, 6.07) is 8.38. The average Bonchev–Trinajstić information content (AvgIpc) is 2.69. The third-order valence-corrected chi connectivity index (χ3v) is 3.27. The molecule has 3 nitrogen and oxygen atoms in total. The summed E-state index contributed by atoms with van der Waals surface area (Å²) < 4.78 is 11.0. The number of nitrogens with one attached hydrogen (secondary N) is 1. The number of furan rings is 1. The molecule has 0 bridgehead atoms. The molecule has 0 aliphatic heterocycles. The van der Waals surface area contributed by atoms with Gasteiger partial charge in [-0.3, -0.25) is 0 Å². The van der Waals surface area contributed by atoms with E-state index in [0.717, 1.165) is 23.0 Å². The number of methoxy groups -OCH3 is 1. The van der Waals surface area contributed by atoms with Gasteiger partial charge in [-0.25, -0.2) is 0 Å². The predicted octanol–water partition coefficient (Wildman–Crippen LogP) is 4.39. The van der Waals surface area contributed by atoms with E-state index in [1.54, 1.807) is 7.11 Å². The Bertz CT molecular complexity index is 572. The molecule has 0 radical (unpaired) electrons. The molecule has 2 rings (SSSR count). The fraction of sp³-hybridized carbons (Fsp3) is 0.375. The standard InChI is InChI=1S/C16H21NO2/c1-10-6-7-16(18-5)15(8-10)17-12(3)14-9-11(2)19-13(14)4/h6-9,12,17H,1-5H3. The third-order valence-electron chi connectivity index (χ3n) is 3.27. The number of ether oxygens (including phenoxy) is 1. The molecule has 2 aromatic rings. The second-order valence-corrected chi connectivity index (χ2v) is 4.94. The van der Waals surface area contributed by atoms with E-state index in [1.807, 2.05) is 26.0 Å². The van der Waals surface area contributed by atoms with Crippen LogP contribution in [-0.4, -0.2) is 7.11 Å². The van der Waals surface area contributed by atoms with E-state index in [1.165, 1.54) is 11.1 Å². The molecule has 0 saturated carbocycles. The topological polar surface area (TPSA) is 34.4 Å². The van der Waals surface area contributed by atoms with Gasteiger partial charge in [0.05, 0.1) is 18.8 Å². The van der Waals surface area contributed by atoms with Crippen LogP contribution in [0.3, 0.4) is 0 Å². The summed E-state index contributed by atoms with van der Waals surface area (Å²) in [4.78, 5) is 0. The Morgan fingerprint density at radius 2 is 1.89 bits per heavy atom. The van der Waals surface area contributed by atoms with Crippen molar-refractivity contribution in [3.8, 4) is 5.75 Å². The van der Waals surface area contributed by atoms with Gasteiger partial charge in [-0.05, 0) is 51.5 Å². The van der Waals surface area contributed by atoms with Gasteiger partial charge in [-0.1, -0.05) is 6.07 Å². The van der Waals surface area contributed by atoms with Gasteiger partial charge >= 0.3 is 0 Å². The van der Waals surface area contributed by atoms with Gasteiger partial charge in [-0.15, -0.1) is 0 Å². The second kappa shape index (κ2) is 5.39. The molecule has 102 valence electrons. The summed E-state index contributed by atoms with van der Waals surface area (Å²) in [5, 5.41) is 3.49. The molecule has 0 amide bonds. The maximum Gasteiger partial charge on any atom is 0.141 e. The number of benzene rings is 1. The maximum absolute atomic E-state index is 5.58. The molecular weight excluding hydrogens is 238 g/mol. The van der Waals surface area contributed by atoms with E-state index in [-0.39, 0.29) is 6.04 Å². The van der Waals surface area contributed by atoms with Gasteiger partial charge in [0, 0.05) is 5.56 Å². The Morgan fingerprint density at radius 1 is 1.16 bits per heavy atom. The van der Waals surface area contributed by atoms with Crippen molar-refractivity contribution in [2.75, 3.05) is 12.4 Å². The lowest BCUT2D eigenvalue weighted by Crippen LogP contribution is -2.08. The monoisotopic (exact) mass is 259 g/mol. The molecule has 1 atom stereocenters. The summed E-state index contributed by atoms with van der Waals surface area (Å²) >= 11 is 0. The first-order valence-electron chi connectivity index (χ1n) is 6.49. The van der Waals surface area contributed by atoms with Gasteiger partial charge < -0.3 is 14.5 Å². The summed E-state index contributed by atoms with van der Waals surface area (Å²) in [6.45, 7) is 8.16. The highest BCUT2D eigenvalue weighted by Gasteiger charge is 2.14. The van der Waals surface area contributed by atoms with Gasteiger partial charge in [0.25, 0.3) is 0 Å². The van der Waals surface area contributed by atoms with Crippen LogP contribution in [0.1, 0.15) is 35.6 Å². The summed E-state index contributed by atoms with van der Waals surface area (Å²) in [5.74, 6) is 2.76. The fourth-order valence-electron chi connectivity index (χ4n) is 2.33. The Hall–Kier alpha value is -1.90. The summed E-state index contributed by atoms with van der Waals surface area (Å²) in [7, 11) is 1.69. The highest BCUT2D eigenvalue weighted by atomic mass is 16.5. The van der Waals surface area contributed by atoms with Crippen LogP contribution in [0.4, 0.5) is 5.69 Å². The van der Waals surface area contributed by atoms with E-state index >= 15 is 0 Å². The highest BCUT2D eigenvalue weighted by Crippen LogP contribution is 2.30. The smallest absolute Gasteiger partial charge is 0.141 e. The minimum Gasteiger partial charge on any atom is -0.495 e. The van der Waals surface area contributed by atoms with Crippen LogP contribution in [0.25, 0.3) is 0 Å². The van der Waals surface area contributed by atoms with Crippen LogP contribution >= 0.6 is 0 Å². The molecule has 1 aromatic carbocycles. The molecule has 3 heteroatoms. The molecule has 19 heavy (non-hydrogen) atoms. The van der Waals surface area contributed by atoms with Crippen molar-refractivity contribution in [1.29, 1.82) is 0 Å². The van der Waals surface area contributed by atoms with Crippen molar-refractivity contribution in [2.24, 2.45) is 0 Å². The zero-order valence-corrected chi connectivity index (χ0v) is 12.2. The molecule has 0 aliphatic rings. The Labute approximate surface area is 114 Å². The fourth-order valence-corrected chi connectivity index (χ4v) is 2.33. The van der Waals surface area contributed by atoms with Crippen molar-refractivity contribution in [3.63, 3.8) is 0 Å². The first kappa shape index (κ1) is 13.5. The molecule has 1 unspecified atom stereocenters. The molecule has 0 aliphatic carbocycles. The lowest BCUT2D eigenvalue weighted by Gasteiger charge is -2.17. The van der Waals surface area contributed by atoms with Crippen molar-refractivity contribution < 1.29 is 9.15 Å². The van der Waals surface area contributed by atoms with Crippen LogP contribution in [-0.2, 0) is 0 Å². The van der Waals surface area contributed by atoms with Crippen LogP contribution in [0, 0.1) is 20.8 Å². The number of rotatable bonds is 4. The predicted molar refractivity (Wildman–Crippen MR) is 78.0 cm³/mol. The Balaban J connectivity index is 2.25. The van der Waals surface area contributed by atoms with Gasteiger partial charge in [0.1, 0.15) is 17.3 Å². The quantitative estimate of drug-likeness (QED) is 0.884. The normalized spacial score (nSPS) is 12.3. The largest absolute Gasteiger partial charge is 0.495 e. The summed E-state index contributed by atoms with van der Waals surface area (Å²) in [6.07, 6.45) is 0. The molecule has 0 fully saturated rings. The van der Waals surface area contributed by atoms with Gasteiger partial charge in [0.2, 0.25) is 0 Å². The Morgan fingerprint density at radius 3 is 2.47 bits per heavy atom. The van der Waals surface area contributed by atoms with Crippen molar-refractivity contribution in [1.82, 2.24) is 0 Å². The Kier molecular flexibility index (Phi) is 3.84. The van der Waals surface area contributed by atoms with E-state index in [2.05, 4.69) is 31.3 Å². The molecule has 1 aromatic heterocycles. The van der Waals surface area contributed by atoms with Crippen molar-refractivity contribution >= 4 is 5.69 Å². The highest BCUT2D eigenvalue weighted by molar-refractivity contribution is 5.59. The second-order valence-electron chi connectivity index (χ2n) is 4.94. The van der Waals surface area contributed by atoms with Gasteiger partial charge in [0.15, 0.2) is 0 Å². The van der Waals surface area contributed by atoms with Gasteiger partial charge in [-0.2, -0.15) is 0 Å². The molecule has 0 spiro atoms. The SMILES string of the molecule is COc1ccc(C)cc1NC(C)c1cc(C)oc1C. The van der Waals surface area contributed by atoms with Crippen molar-refractivity contribution in [3.05, 3.63) is 46.9 Å². The van der Waals surface area contributed by atoms with Crippen LogP contribution in [0.15, 0.2) is 28.7 Å². The number of hydrogen-bond donors (Lipinski definition) is 1. The first-order chi connectivity index (χ1) is 9.01. The molecular formula is C16H21NO2.